The number of carbonyl (C=O) groups excluding carboxylic acids is 1. The maximum absolute atomic E-state index is 12.5. The SMILES string of the molecule is C/C=C/CCNC(=O)c1ccc(F)nc1. The van der Waals surface area contributed by atoms with Crippen LogP contribution in [0.2, 0.25) is 0 Å². The number of hydrogen-bond acceptors (Lipinski definition) is 2. The van der Waals surface area contributed by atoms with Crippen molar-refractivity contribution in [3.05, 3.63) is 42.0 Å². The molecule has 0 aliphatic rings. The lowest BCUT2D eigenvalue weighted by Crippen LogP contribution is -2.24. The van der Waals surface area contributed by atoms with Crippen LogP contribution in [-0.4, -0.2) is 17.4 Å². The molecule has 0 saturated carbocycles. The largest absolute Gasteiger partial charge is 0.352 e. The van der Waals surface area contributed by atoms with Gasteiger partial charge in [-0.3, -0.25) is 4.79 Å². The highest BCUT2D eigenvalue weighted by molar-refractivity contribution is 5.93. The molecule has 1 amide bonds. The highest BCUT2D eigenvalue weighted by atomic mass is 19.1. The first-order chi connectivity index (χ1) is 7.24. The Kier molecular flexibility index (Phi) is 4.47. The molecule has 1 aromatic heterocycles. The van der Waals surface area contributed by atoms with Crippen LogP contribution in [0.4, 0.5) is 4.39 Å². The molecule has 1 N–H and O–H groups in total. The van der Waals surface area contributed by atoms with Gasteiger partial charge in [-0.25, -0.2) is 4.98 Å². The Morgan fingerprint density at radius 1 is 1.60 bits per heavy atom. The van der Waals surface area contributed by atoms with Crippen LogP contribution in [-0.2, 0) is 0 Å². The van der Waals surface area contributed by atoms with E-state index >= 15 is 0 Å². The molecule has 0 atom stereocenters. The Labute approximate surface area is 88.0 Å². The Bertz CT molecular complexity index is 346. The molecule has 0 bridgehead atoms. The number of hydrogen-bond donors (Lipinski definition) is 1. The molecule has 0 aliphatic heterocycles. The van der Waals surface area contributed by atoms with Gasteiger partial charge >= 0.3 is 0 Å². The predicted octanol–water partition coefficient (Wildman–Crippen LogP) is 1.92. The van der Waals surface area contributed by atoms with Crippen LogP contribution in [0.5, 0.6) is 0 Å². The first kappa shape index (κ1) is 11.4. The fourth-order valence-electron chi connectivity index (χ4n) is 1.05. The fourth-order valence-corrected chi connectivity index (χ4v) is 1.05. The van der Waals surface area contributed by atoms with Gasteiger partial charge in [-0.15, -0.1) is 0 Å². The lowest BCUT2D eigenvalue weighted by molar-refractivity contribution is 0.0954. The smallest absolute Gasteiger partial charge is 0.252 e. The molecule has 0 unspecified atom stereocenters. The molecule has 0 aromatic carbocycles. The van der Waals surface area contributed by atoms with Gasteiger partial charge in [0.1, 0.15) is 0 Å². The van der Waals surface area contributed by atoms with Gasteiger partial charge in [0.05, 0.1) is 5.56 Å². The molecular weight excluding hydrogens is 195 g/mol. The second-order valence-corrected chi connectivity index (χ2v) is 2.98. The summed E-state index contributed by atoms with van der Waals surface area (Å²) in [7, 11) is 0. The summed E-state index contributed by atoms with van der Waals surface area (Å²) in [6, 6.07) is 2.58. The van der Waals surface area contributed by atoms with Gasteiger partial charge in [0.2, 0.25) is 5.95 Å². The minimum absolute atomic E-state index is 0.230. The summed E-state index contributed by atoms with van der Waals surface area (Å²) >= 11 is 0. The number of rotatable bonds is 4. The zero-order valence-electron chi connectivity index (χ0n) is 8.53. The van der Waals surface area contributed by atoms with Gasteiger partial charge in [0.15, 0.2) is 0 Å². The first-order valence-corrected chi connectivity index (χ1v) is 4.75. The molecule has 1 aromatic rings. The van der Waals surface area contributed by atoms with Crippen LogP contribution in [0.1, 0.15) is 23.7 Å². The van der Waals surface area contributed by atoms with Gasteiger partial charge in [0.25, 0.3) is 5.91 Å². The number of nitrogens with one attached hydrogen (secondary N) is 1. The Hall–Kier alpha value is -1.71. The number of aromatic nitrogens is 1. The van der Waals surface area contributed by atoms with Gasteiger partial charge in [-0.2, -0.15) is 4.39 Å². The van der Waals surface area contributed by atoms with Crippen LogP contribution in [0, 0.1) is 5.95 Å². The maximum atomic E-state index is 12.5. The highest BCUT2D eigenvalue weighted by Crippen LogP contribution is 1.98. The summed E-state index contributed by atoms with van der Waals surface area (Å²) in [5, 5.41) is 2.70. The molecule has 0 saturated heterocycles. The minimum atomic E-state index is -0.583. The molecule has 0 spiro atoms. The van der Waals surface area contributed by atoms with Gasteiger partial charge < -0.3 is 5.32 Å². The van der Waals surface area contributed by atoms with Crippen molar-refractivity contribution < 1.29 is 9.18 Å². The number of carbonyl (C=O) groups is 1. The summed E-state index contributed by atoms with van der Waals surface area (Å²) < 4.78 is 12.5. The van der Waals surface area contributed by atoms with E-state index in [9.17, 15) is 9.18 Å². The summed E-state index contributed by atoms with van der Waals surface area (Å²) in [6.07, 6.45) is 5.89. The molecule has 4 heteroatoms. The lowest BCUT2D eigenvalue weighted by Gasteiger charge is -2.02. The van der Waals surface area contributed by atoms with Crippen molar-refractivity contribution in [3.63, 3.8) is 0 Å². The van der Waals surface area contributed by atoms with Crippen molar-refractivity contribution >= 4 is 5.91 Å². The summed E-state index contributed by atoms with van der Waals surface area (Å²) in [4.78, 5) is 14.8. The predicted molar refractivity (Wildman–Crippen MR) is 56.0 cm³/mol. The second kappa shape index (κ2) is 5.90. The topological polar surface area (TPSA) is 42.0 Å². The molecule has 0 radical (unpaired) electrons. The second-order valence-electron chi connectivity index (χ2n) is 2.98. The molecule has 80 valence electrons. The normalized spacial score (nSPS) is 10.5. The van der Waals surface area contributed by atoms with Gasteiger partial charge in [0, 0.05) is 12.7 Å². The standard InChI is InChI=1S/C11H13FN2O/c1-2-3-4-7-13-11(15)9-5-6-10(12)14-8-9/h2-3,5-6,8H,4,7H2,1H3,(H,13,15)/b3-2+. The van der Waals surface area contributed by atoms with E-state index in [2.05, 4.69) is 10.3 Å². The number of halogens is 1. The average molecular weight is 208 g/mol. The maximum Gasteiger partial charge on any atom is 0.252 e. The van der Waals surface area contributed by atoms with Crippen LogP contribution in [0.15, 0.2) is 30.5 Å². The number of pyridine rings is 1. The van der Waals surface area contributed by atoms with E-state index in [0.717, 1.165) is 6.42 Å². The van der Waals surface area contributed by atoms with Crippen molar-refractivity contribution in [1.29, 1.82) is 0 Å². The first-order valence-electron chi connectivity index (χ1n) is 4.75. The number of nitrogens with zero attached hydrogens (tertiary/aromatic N) is 1. The monoisotopic (exact) mass is 208 g/mol. The summed E-state index contributed by atoms with van der Waals surface area (Å²) in [5.74, 6) is -0.813. The average Bonchev–Trinajstić information content (AvgIpc) is 2.25. The molecule has 0 fully saturated rings. The van der Waals surface area contributed by atoms with Crippen LogP contribution >= 0.6 is 0 Å². The van der Waals surface area contributed by atoms with Crippen molar-refractivity contribution in [2.75, 3.05) is 6.54 Å². The zero-order chi connectivity index (χ0) is 11.1. The van der Waals surface area contributed by atoms with E-state index < -0.39 is 5.95 Å². The van der Waals surface area contributed by atoms with E-state index in [0.29, 0.717) is 12.1 Å². The Balaban J connectivity index is 2.43. The van der Waals surface area contributed by atoms with Crippen LogP contribution in [0.25, 0.3) is 0 Å². The molecule has 0 aliphatic carbocycles. The third-order valence-corrected chi connectivity index (χ3v) is 1.82. The molecular formula is C11H13FN2O. The van der Waals surface area contributed by atoms with E-state index in [4.69, 9.17) is 0 Å². The van der Waals surface area contributed by atoms with E-state index in [1.165, 1.54) is 18.3 Å². The van der Waals surface area contributed by atoms with Crippen molar-refractivity contribution in [2.24, 2.45) is 0 Å². The number of amides is 1. The third-order valence-electron chi connectivity index (χ3n) is 1.82. The van der Waals surface area contributed by atoms with Crippen LogP contribution < -0.4 is 5.32 Å². The highest BCUT2D eigenvalue weighted by Gasteiger charge is 2.04. The Morgan fingerprint density at radius 3 is 3.00 bits per heavy atom. The lowest BCUT2D eigenvalue weighted by atomic mass is 10.2. The van der Waals surface area contributed by atoms with E-state index in [1.807, 2.05) is 19.1 Å². The third kappa shape index (κ3) is 3.89. The zero-order valence-corrected chi connectivity index (χ0v) is 8.53. The molecule has 3 nitrogen and oxygen atoms in total. The summed E-state index contributed by atoms with van der Waals surface area (Å²) in [6.45, 7) is 2.49. The molecule has 1 rings (SSSR count). The van der Waals surface area contributed by atoms with Gasteiger partial charge in [-0.05, 0) is 25.5 Å². The van der Waals surface area contributed by atoms with E-state index in [1.54, 1.807) is 0 Å². The minimum Gasteiger partial charge on any atom is -0.352 e. The summed E-state index contributed by atoms with van der Waals surface area (Å²) in [5.41, 5.74) is 0.372. The van der Waals surface area contributed by atoms with E-state index in [-0.39, 0.29) is 5.91 Å². The van der Waals surface area contributed by atoms with Crippen molar-refractivity contribution in [2.45, 2.75) is 13.3 Å². The number of allylic oxidation sites excluding steroid dienone is 1. The Morgan fingerprint density at radius 2 is 2.40 bits per heavy atom. The molecule has 15 heavy (non-hydrogen) atoms. The van der Waals surface area contributed by atoms with Crippen LogP contribution in [0.3, 0.4) is 0 Å². The quantitative estimate of drug-likeness (QED) is 0.466. The fraction of sp³-hybridized carbons (Fsp3) is 0.273. The van der Waals surface area contributed by atoms with Crippen molar-refractivity contribution in [1.82, 2.24) is 10.3 Å². The van der Waals surface area contributed by atoms with Gasteiger partial charge in [-0.1, -0.05) is 12.2 Å². The molecule has 1 heterocycles. The van der Waals surface area contributed by atoms with Crippen molar-refractivity contribution in [3.8, 4) is 0 Å².